The van der Waals surface area contributed by atoms with E-state index in [1.807, 2.05) is 4.90 Å². The molecule has 1 saturated heterocycles. The van der Waals surface area contributed by atoms with E-state index >= 15 is 0 Å². The highest BCUT2D eigenvalue weighted by Gasteiger charge is 2.31. The molecule has 0 atom stereocenters. The Morgan fingerprint density at radius 3 is 2.73 bits per heavy atom. The van der Waals surface area contributed by atoms with Crippen molar-refractivity contribution in [1.82, 2.24) is 14.1 Å². The summed E-state index contributed by atoms with van der Waals surface area (Å²) >= 11 is 1.34. The second-order valence-corrected chi connectivity index (χ2v) is 7.88. The minimum Gasteiger partial charge on any atom is -0.358 e. The molecule has 1 aliphatic heterocycles. The number of aromatic nitrogens is 2. The van der Waals surface area contributed by atoms with Crippen molar-refractivity contribution in [2.45, 2.75) is 18.9 Å². The molecule has 0 unspecified atom stereocenters. The van der Waals surface area contributed by atoms with Gasteiger partial charge in [-0.25, -0.2) is 13.1 Å². The quantitative estimate of drug-likeness (QED) is 0.649. The number of nitrogens with zero attached hydrogens (tertiary/aromatic N) is 4. The fraction of sp³-hybridized carbons (Fsp3) is 0.545. The van der Waals surface area contributed by atoms with E-state index in [0.717, 1.165) is 6.26 Å². The van der Waals surface area contributed by atoms with Crippen LogP contribution in [0.4, 0.5) is 11.6 Å². The molecule has 2 aromatic heterocycles. The SMILES string of the molecule is CS(=O)(=O)NC1CCN(c2nc3sccn3c2[N+](=O)[O-])CC1. The largest absolute Gasteiger partial charge is 0.373 e. The lowest BCUT2D eigenvalue weighted by Crippen LogP contribution is -2.44. The molecule has 2 aromatic rings. The number of hydrogen-bond acceptors (Lipinski definition) is 7. The maximum Gasteiger partial charge on any atom is 0.373 e. The highest BCUT2D eigenvalue weighted by molar-refractivity contribution is 7.88. The summed E-state index contributed by atoms with van der Waals surface area (Å²) in [5.74, 6) is 0.320. The Kier molecular flexibility index (Phi) is 3.78. The third kappa shape index (κ3) is 2.91. The van der Waals surface area contributed by atoms with Crippen molar-refractivity contribution in [3.8, 4) is 0 Å². The standard InChI is InChI=1S/C11H15N5O4S2/c1-22(19,20)13-8-2-4-14(5-3-8)9-10(16(17)18)15-6-7-21-11(15)12-9/h6-8,13H,2-5H2,1H3. The van der Waals surface area contributed by atoms with Gasteiger partial charge in [0.2, 0.25) is 15.8 Å². The molecule has 1 fully saturated rings. The van der Waals surface area contributed by atoms with E-state index in [4.69, 9.17) is 0 Å². The number of nitro groups is 1. The number of thiazole rings is 1. The molecule has 11 heteroatoms. The van der Waals surface area contributed by atoms with Crippen LogP contribution >= 0.6 is 11.3 Å². The van der Waals surface area contributed by atoms with Crippen molar-refractivity contribution in [2.24, 2.45) is 0 Å². The highest BCUT2D eigenvalue weighted by atomic mass is 32.2. The number of rotatable bonds is 4. The van der Waals surface area contributed by atoms with Crippen LogP contribution < -0.4 is 9.62 Å². The average molecular weight is 345 g/mol. The van der Waals surface area contributed by atoms with Crippen LogP contribution in [0.15, 0.2) is 11.6 Å². The zero-order chi connectivity index (χ0) is 15.9. The van der Waals surface area contributed by atoms with Crippen molar-refractivity contribution in [3.63, 3.8) is 0 Å². The minimum absolute atomic E-state index is 0.0363. The van der Waals surface area contributed by atoms with Crippen molar-refractivity contribution >= 4 is 38.0 Å². The number of fused-ring (bicyclic) bond motifs is 1. The van der Waals surface area contributed by atoms with E-state index in [2.05, 4.69) is 9.71 Å². The average Bonchev–Trinajstić information content (AvgIpc) is 2.96. The second kappa shape index (κ2) is 5.48. The summed E-state index contributed by atoms with van der Waals surface area (Å²) in [7, 11) is -3.23. The number of piperidine rings is 1. The summed E-state index contributed by atoms with van der Waals surface area (Å²) in [6, 6.07) is -0.131. The topological polar surface area (TPSA) is 110 Å². The zero-order valence-electron chi connectivity index (χ0n) is 11.8. The van der Waals surface area contributed by atoms with Gasteiger partial charge in [-0.05, 0) is 17.8 Å². The van der Waals surface area contributed by atoms with Crippen LogP contribution in [-0.4, -0.2) is 48.1 Å². The van der Waals surface area contributed by atoms with Gasteiger partial charge in [0.15, 0.2) is 0 Å². The fourth-order valence-electron chi connectivity index (χ4n) is 2.66. The Morgan fingerprint density at radius 2 is 2.14 bits per heavy atom. The van der Waals surface area contributed by atoms with Gasteiger partial charge in [0.1, 0.15) is 6.20 Å². The monoisotopic (exact) mass is 345 g/mol. The molecule has 1 N–H and O–H groups in total. The van der Waals surface area contributed by atoms with Gasteiger partial charge in [0.25, 0.3) is 4.96 Å². The molecule has 120 valence electrons. The van der Waals surface area contributed by atoms with Crippen LogP contribution in [0.25, 0.3) is 4.96 Å². The van der Waals surface area contributed by atoms with Gasteiger partial charge in [-0.15, -0.1) is 0 Å². The molecule has 0 aliphatic carbocycles. The maximum atomic E-state index is 11.3. The van der Waals surface area contributed by atoms with E-state index in [9.17, 15) is 18.5 Å². The first-order valence-corrected chi connectivity index (χ1v) is 9.44. The van der Waals surface area contributed by atoms with Crippen LogP contribution in [-0.2, 0) is 10.0 Å². The molecule has 0 saturated carbocycles. The second-order valence-electron chi connectivity index (χ2n) is 5.22. The number of anilines is 1. The molecular formula is C11H15N5O4S2. The molecule has 0 radical (unpaired) electrons. The van der Waals surface area contributed by atoms with Gasteiger partial charge < -0.3 is 15.0 Å². The molecule has 0 bridgehead atoms. The minimum atomic E-state index is -3.23. The Bertz CT molecular complexity index is 804. The first kappa shape index (κ1) is 15.2. The Labute approximate surface area is 130 Å². The van der Waals surface area contributed by atoms with Gasteiger partial charge in [-0.3, -0.25) is 0 Å². The molecule has 1 aliphatic rings. The summed E-state index contributed by atoms with van der Waals surface area (Å²) in [5, 5.41) is 13.1. The van der Waals surface area contributed by atoms with Crippen LogP contribution in [0.5, 0.6) is 0 Å². The van der Waals surface area contributed by atoms with E-state index in [0.29, 0.717) is 36.7 Å². The van der Waals surface area contributed by atoms with E-state index in [1.165, 1.54) is 15.7 Å². The van der Waals surface area contributed by atoms with Crippen LogP contribution in [0.3, 0.4) is 0 Å². The molecule has 22 heavy (non-hydrogen) atoms. The predicted molar refractivity (Wildman–Crippen MR) is 82.9 cm³/mol. The molecule has 3 rings (SSSR count). The highest BCUT2D eigenvalue weighted by Crippen LogP contribution is 2.32. The third-order valence-corrected chi connectivity index (χ3v) is 5.09. The summed E-state index contributed by atoms with van der Waals surface area (Å²) in [4.78, 5) is 17.7. The van der Waals surface area contributed by atoms with Crippen molar-refractivity contribution in [2.75, 3.05) is 24.2 Å². The maximum absolute atomic E-state index is 11.3. The molecule has 0 spiro atoms. The summed E-state index contributed by atoms with van der Waals surface area (Å²) in [5.41, 5.74) is 0. The number of imidazole rings is 1. The number of sulfonamides is 1. The van der Waals surface area contributed by atoms with Gasteiger partial charge in [0, 0.05) is 24.5 Å². The van der Waals surface area contributed by atoms with Crippen LogP contribution in [0.2, 0.25) is 0 Å². The Morgan fingerprint density at radius 1 is 1.45 bits per heavy atom. The first-order valence-electron chi connectivity index (χ1n) is 6.67. The predicted octanol–water partition coefficient (Wildman–Crippen LogP) is 0.822. The van der Waals surface area contributed by atoms with E-state index < -0.39 is 14.9 Å². The van der Waals surface area contributed by atoms with Gasteiger partial charge in [-0.2, -0.15) is 9.38 Å². The smallest absolute Gasteiger partial charge is 0.358 e. The normalized spacial score (nSPS) is 17.2. The Hall–Kier alpha value is -1.72. The molecule has 3 heterocycles. The van der Waals surface area contributed by atoms with Crippen LogP contribution in [0.1, 0.15) is 12.8 Å². The molecule has 0 aromatic carbocycles. The van der Waals surface area contributed by atoms with Crippen LogP contribution in [0, 0.1) is 10.1 Å². The lowest BCUT2D eigenvalue weighted by atomic mass is 10.1. The molecule has 9 nitrogen and oxygen atoms in total. The van der Waals surface area contributed by atoms with Gasteiger partial charge >= 0.3 is 5.82 Å². The first-order chi connectivity index (χ1) is 10.3. The number of nitrogens with one attached hydrogen (secondary N) is 1. The molecule has 0 amide bonds. The summed E-state index contributed by atoms with van der Waals surface area (Å²) < 4.78 is 26.5. The summed E-state index contributed by atoms with van der Waals surface area (Å²) in [6.45, 7) is 1.05. The van der Waals surface area contributed by atoms with Crippen molar-refractivity contribution in [3.05, 3.63) is 21.7 Å². The lowest BCUT2D eigenvalue weighted by molar-refractivity contribution is -0.389. The van der Waals surface area contributed by atoms with Crippen molar-refractivity contribution in [1.29, 1.82) is 0 Å². The van der Waals surface area contributed by atoms with E-state index in [-0.39, 0.29) is 11.9 Å². The zero-order valence-corrected chi connectivity index (χ0v) is 13.4. The Balaban J connectivity index is 1.80. The third-order valence-electron chi connectivity index (χ3n) is 3.57. The lowest BCUT2D eigenvalue weighted by Gasteiger charge is -2.31. The summed E-state index contributed by atoms with van der Waals surface area (Å²) in [6.07, 6.45) is 3.95. The van der Waals surface area contributed by atoms with Gasteiger partial charge in [0.05, 0.1) is 6.26 Å². The van der Waals surface area contributed by atoms with Crippen molar-refractivity contribution < 1.29 is 13.3 Å². The van der Waals surface area contributed by atoms with Gasteiger partial charge in [-0.1, -0.05) is 11.3 Å². The fourth-order valence-corrected chi connectivity index (χ4v) is 4.20. The van der Waals surface area contributed by atoms with E-state index in [1.54, 1.807) is 11.6 Å². The number of hydrogen-bond donors (Lipinski definition) is 1. The molecular weight excluding hydrogens is 330 g/mol.